The third-order valence-electron chi connectivity index (χ3n) is 2.30. The van der Waals surface area contributed by atoms with Crippen LogP contribution in [-0.4, -0.2) is 36.8 Å². The number of rotatable bonds is 9. The molecule has 0 rings (SSSR count). The average Bonchev–Trinajstić information content (AvgIpc) is 2.20. The first-order chi connectivity index (χ1) is 7.49. The van der Waals surface area contributed by atoms with Crippen LogP contribution in [0.1, 0.15) is 47.0 Å². The van der Waals surface area contributed by atoms with Crippen LogP contribution in [0.4, 0.5) is 0 Å². The molecule has 0 aromatic rings. The van der Waals surface area contributed by atoms with E-state index in [4.69, 9.17) is 4.74 Å². The second-order valence-electron chi connectivity index (χ2n) is 5.21. The summed E-state index contributed by atoms with van der Waals surface area (Å²) in [6.07, 6.45) is 3.58. The van der Waals surface area contributed by atoms with Crippen LogP contribution in [0.15, 0.2) is 0 Å². The molecule has 0 fully saturated rings. The van der Waals surface area contributed by atoms with Crippen molar-refractivity contribution < 1.29 is 4.74 Å². The van der Waals surface area contributed by atoms with Crippen molar-refractivity contribution in [2.75, 3.05) is 26.0 Å². The molecule has 0 saturated heterocycles. The van der Waals surface area contributed by atoms with Crippen LogP contribution in [0, 0.1) is 0 Å². The van der Waals surface area contributed by atoms with Crippen LogP contribution in [0.5, 0.6) is 0 Å². The largest absolute Gasteiger partial charge is 0.385 e. The molecular formula is C13H29NOS. The highest BCUT2D eigenvalue weighted by Crippen LogP contribution is 2.24. The van der Waals surface area contributed by atoms with Gasteiger partial charge in [0.25, 0.3) is 0 Å². The molecule has 0 saturated carbocycles. The fraction of sp³-hybridized carbons (Fsp3) is 1.00. The smallest absolute Gasteiger partial charge is 0.0462 e. The van der Waals surface area contributed by atoms with Gasteiger partial charge in [-0.1, -0.05) is 27.7 Å². The molecule has 0 aliphatic rings. The van der Waals surface area contributed by atoms with Crippen LogP contribution < -0.4 is 5.32 Å². The topological polar surface area (TPSA) is 21.3 Å². The monoisotopic (exact) mass is 247 g/mol. The molecule has 2 nitrogen and oxygen atoms in total. The molecule has 0 radical (unpaired) electrons. The molecule has 0 heterocycles. The minimum atomic E-state index is 0.368. The van der Waals surface area contributed by atoms with E-state index in [2.05, 4.69) is 33.0 Å². The third-order valence-corrected chi connectivity index (χ3v) is 3.74. The molecule has 0 amide bonds. The first-order valence-corrected chi connectivity index (χ1v) is 7.34. The van der Waals surface area contributed by atoms with E-state index < -0.39 is 0 Å². The Hall–Kier alpha value is 0.270. The van der Waals surface area contributed by atoms with Crippen molar-refractivity contribution in [3.63, 3.8) is 0 Å². The van der Waals surface area contributed by atoms with Crippen LogP contribution >= 0.6 is 11.8 Å². The van der Waals surface area contributed by atoms with E-state index in [1.54, 1.807) is 7.11 Å². The van der Waals surface area contributed by atoms with Crippen molar-refractivity contribution in [3.8, 4) is 0 Å². The van der Waals surface area contributed by atoms with Gasteiger partial charge in [0.2, 0.25) is 0 Å². The quantitative estimate of drug-likeness (QED) is 0.632. The second-order valence-corrected chi connectivity index (χ2v) is 7.06. The summed E-state index contributed by atoms with van der Waals surface area (Å²) in [7, 11) is 1.78. The summed E-state index contributed by atoms with van der Waals surface area (Å²) < 4.78 is 5.48. The zero-order chi connectivity index (χ0) is 12.4. The molecule has 1 unspecified atom stereocenters. The van der Waals surface area contributed by atoms with E-state index in [0.29, 0.717) is 10.8 Å². The van der Waals surface area contributed by atoms with E-state index in [1.807, 2.05) is 11.8 Å². The zero-order valence-corrected chi connectivity index (χ0v) is 12.5. The summed E-state index contributed by atoms with van der Waals surface area (Å²) in [6.45, 7) is 11.1. The number of thioether (sulfide) groups is 1. The molecule has 0 spiro atoms. The maximum Gasteiger partial charge on any atom is 0.0462 e. The van der Waals surface area contributed by atoms with Crippen molar-refractivity contribution >= 4 is 11.8 Å². The molecule has 16 heavy (non-hydrogen) atoms. The predicted octanol–water partition coefficient (Wildman–Crippen LogP) is 3.31. The summed E-state index contributed by atoms with van der Waals surface area (Å²) in [4.78, 5) is 0. The molecule has 0 aromatic carbocycles. The van der Waals surface area contributed by atoms with Crippen LogP contribution in [-0.2, 0) is 4.74 Å². The number of methoxy groups -OCH3 is 1. The highest BCUT2D eigenvalue weighted by molar-refractivity contribution is 8.00. The van der Waals surface area contributed by atoms with Crippen LogP contribution in [0.25, 0.3) is 0 Å². The van der Waals surface area contributed by atoms with Gasteiger partial charge in [-0.25, -0.2) is 0 Å². The Labute approximate surface area is 106 Å². The van der Waals surface area contributed by atoms with Gasteiger partial charge >= 0.3 is 0 Å². The first-order valence-electron chi connectivity index (χ1n) is 6.36. The van der Waals surface area contributed by atoms with Gasteiger partial charge in [-0.05, 0) is 25.8 Å². The molecule has 98 valence electrons. The lowest BCUT2D eigenvalue weighted by atomic mass is 10.2. The highest BCUT2D eigenvalue weighted by atomic mass is 32.2. The van der Waals surface area contributed by atoms with E-state index in [-0.39, 0.29) is 0 Å². The Bertz CT molecular complexity index is 157. The normalized spacial score (nSPS) is 14.1. The fourth-order valence-corrected chi connectivity index (χ4v) is 2.40. The van der Waals surface area contributed by atoms with Crippen molar-refractivity contribution in [3.05, 3.63) is 0 Å². The summed E-state index contributed by atoms with van der Waals surface area (Å²) >= 11 is 2.05. The lowest BCUT2D eigenvalue weighted by Crippen LogP contribution is -2.33. The molecular weight excluding hydrogens is 218 g/mol. The summed E-state index contributed by atoms with van der Waals surface area (Å²) in [6, 6.07) is 0.638. The minimum absolute atomic E-state index is 0.368. The van der Waals surface area contributed by atoms with E-state index in [1.165, 1.54) is 18.6 Å². The SMILES string of the molecule is CCCNC(CCCOC)CSC(C)(C)C. The Morgan fingerprint density at radius 1 is 1.31 bits per heavy atom. The number of hydrogen-bond donors (Lipinski definition) is 1. The van der Waals surface area contributed by atoms with Gasteiger partial charge in [-0.15, -0.1) is 0 Å². The van der Waals surface area contributed by atoms with Crippen LogP contribution in [0.3, 0.4) is 0 Å². The maximum absolute atomic E-state index is 5.11. The van der Waals surface area contributed by atoms with Gasteiger partial charge in [-0.3, -0.25) is 0 Å². The van der Waals surface area contributed by atoms with Gasteiger partial charge in [0, 0.05) is 30.3 Å². The Kier molecular flexibility index (Phi) is 9.47. The first kappa shape index (κ1) is 16.3. The summed E-state index contributed by atoms with van der Waals surface area (Å²) in [5.74, 6) is 1.20. The Balaban J connectivity index is 3.80. The molecule has 3 heteroatoms. The zero-order valence-electron chi connectivity index (χ0n) is 11.6. The van der Waals surface area contributed by atoms with Gasteiger partial charge in [0.1, 0.15) is 0 Å². The van der Waals surface area contributed by atoms with Crippen molar-refractivity contribution in [1.29, 1.82) is 0 Å². The van der Waals surface area contributed by atoms with Crippen molar-refractivity contribution in [2.45, 2.75) is 57.7 Å². The van der Waals surface area contributed by atoms with Crippen LogP contribution in [0.2, 0.25) is 0 Å². The van der Waals surface area contributed by atoms with Gasteiger partial charge in [-0.2, -0.15) is 11.8 Å². The molecule has 1 atom stereocenters. The standard InChI is InChI=1S/C13H29NOS/c1-6-9-14-12(8-7-10-15-5)11-16-13(2,3)4/h12,14H,6-11H2,1-5H3. The van der Waals surface area contributed by atoms with E-state index in [9.17, 15) is 0 Å². The van der Waals surface area contributed by atoms with Gasteiger partial charge in [0.05, 0.1) is 0 Å². The summed E-state index contributed by atoms with van der Waals surface area (Å²) in [5, 5.41) is 3.62. The second kappa shape index (κ2) is 9.32. The number of ether oxygens (including phenoxy) is 1. The Morgan fingerprint density at radius 3 is 2.50 bits per heavy atom. The molecule has 0 aliphatic heterocycles. The lowest BCUT2D eigenvalue weighted by Gasteiger charge is -2.23. The van der Waals surface area contributed by atoms with E-state index >= 15 is 0 Å². The maximum atomic E-state index is 5.11. The molecule has 0 bridgehead atoms. The van der Waals surface area contributed by atoms with Crippen molar-refractivity contribution in [2.24, 2.45) is 0 Å². The molecule has 1 N–H and O–H groups in total. The minimum Gasteiger partial charge on any atom is -0.385 e. The summed E-state index contributed by atoms with van der Waals surface area (Å²) in [5.41, 5.74) is 0. The predicted molar refractivity (Wildman–Crippen MR) is 75.4 cm³/mol. The van der Waals surface area contributed by atoms with Gasteiger partial charge in [0.15, 0.2) is 0 Å². The lowest BCUT2D eigenvalue weighted by molar-refractivity contribution is 0.189. The number of nitrogens with one attached hydrogen (secondary N) is 1. The van der Waals surface area contributed by atoms with E-state index in [0.717, 1.165) is 19.6 Å². The average molecular weight is 247 g/mol. The fourth-order valence-electron chi connectivity index (χ4n) is 1.42. The van der Waals surface area contributed by atoms with Crippen molar-refractivity contribution in [1.82, 2.24) is 5.32 Å². The Morgan fingerprint density at radius 2 is 2.00 bits per heavy atom. The van der Waals surface area contributed by atoms with Gasteiger partial charge < -0.3 is 10.1 Å². The molecule has 0 aromatic heterocycles. The number of hydrogen-bond acceptors (Lipinski definition) is 3. The third kappa shape index (κ3) is 10.8. The molecule has 0 aliphatic carbocycles. The highest BCUT2D eigenvalue weighted by Gasteiger charge is 2.14.